The Morgan fingerprint density at radius 1 is 1.24 bits per heavy atom. The molecule has 1 saturated carbocycles. The number of hydrogen-bond donors (Lipinski definition) is 3. The third-order valence-corrected chi connectivity index (χ3v) is 6.07. The first-order valence-corrected chi connectivity index (χ1v) is 10.7. The third-order valence-electron chi connectivity index (χ3n) is 6.07. The Morgan fingerprint density at radius 2 is 2.12 bits per heavy atom. The molecule has 4 bridgehead atoms. The lowest BCUT2D eigenvalue weighted by atomic mass is 10.2. The van der Waals surface area contributed by atoms with Crippen molar-refractivity contribution in [3.8, 4) is 0 Å². The van der Waals surface area contributed by atoms with Crippen molar-refractivity contribution in [2.45, 2.75) is 44.7 Å². The highest BCUT2D eigenvalue weighted by atomic mass is 19.1. The summed E-state index contributed by atoms with van der Waals surface area (Å²) in [5.41, 5.74) is 3.77. The number of nitrogens with zero attached hydrogens (tertiary/aromatic N) is 6. The number of imidazole rings is 1. The number of pyridine rings is 2. The van der Waals surface area contributed by atoms with E-state index in [1.165, 1.54) is 10.9 Å². The van der Waals surface area contributed by atoms with E-state index in [4.69, 9.17) is 4.74 Å². The summed E-state index contributed by atoms with van der Waals surface area (Å²) in [6, 6.07) is 2.85. The van der Waals surface area contributed by atoms with E-state index >= 15 is 0 Å². The molecule has 1 unspecified atom stereocenters. The zero-order valence-electron chi connectivity index (χ0n) is 18.0. The van der Waals surface area contributed by atoms with Gasteiger partial charge in [0.1, 0.15) is 29.7 Å². The standard InChI is InChI=1S/C21H22FN9O2/c1-10-25-19-15-3-11(7-31(19)29-10)8-33-16-5-12(22)4-13(16)27-21(32)30-9-24-18-14(23-2)6-17(26-15)28-20(18)30/h3,6-7,9,12-13,16H,4-5,8H2,1-2H3,(H,27,32)(H2,23,26,28)/t12-,13?,16-/m1/s1. The Hall–Kier alpha value is -3.80. The van der Waals surface area contributed by atoms with Crippen molar-refractivity contribution in [1.29, 1.82) is 0 Å². The number of aromatic nitrogens is 6. The largest absolute Gasteiger partial charge is 0.386 e. The minimum atomic E-state index is -1.05. The Kier molecular flexibility index (Phi) is 4.43. The molecule has 1 fully saturated rings. The van der Waals surface area contributed by atoms with Gasteiger partial charge in [-0.2, -0.15) is 5.10 Å². The minimum Gasteiger partial charge on any atom is -0.386 e. The highest BCUT2D eigenvalue weighted by molar-refractivity contribution is 5.94. The van der Waals surface area contributed by atoms with Crippen LogP contribution in [-0.2, 0) is 11.3 Å². The van der Waals surface area contributed by atoms with E-state index in [0.29, 0.717) is 39.8 Å². The second-order valence-electron chi connectivity index (χ2n) is 8.38. The van der Waals surface area contributed by atoms with Crippen LogP contribution in [0.2, 0.25) is 0 Å². The first-order valence-electron chi connectivity index (χ1n) is 10.7. The van der Waals surface area contributed by atoms with Crippen LogP contribution in [0.1, 0.15) is 24.2 Å². The average Bonchev–Trinajstić information content (AvgIpc) is 3.47. The summed E-state index contributed by atoms with van der Waals surface area (Å²) in [6.45, 7) is 2.05. The monoisotopic (exact) mass is 451 g/mol. The van der Waals surface area contributed by atoms with Crippen molar-refractivity contribution in [1.82, 2.24) is 34.4 Å². The summed E-state index contributed by atoms with van der Waals surface area (Å²) in [5.74, 6) is 1.12. The number of rotatable bonds is 1. The smallest absolute Gasteiger partial charge is 0.328 e. The van der Waals surface area contributed by atoms with E-state index in [2.05, 4.69) is 36.0 Å². The van der Waals surface area contributed by atoms with Crippen LogP contribution in [0.25, 0.3) is 16.8 Å². The average molecular weight is 451 g/mol. The van der Waals surface area contributed by atoms with Gasteiger partial charge in [0, 0.05) is 32.2 Å². The van der Waals surface area contributed by atoms with Crippen LogP contribution in [0.3, 0.4) is 0 Å². The molecular formula is C21H22FN9O2. The quantitative estimate of drug-likeness (QED) is 0.403. The Morgan fingerprint density at radius 3 is 2.97 bits per heavy atom. The van der Waals surface area contributed by atoms with E-state index < -0.39 is 24.3 Å². The number of carbonyl (C=O) groups is 1. The molecule has 4 aromatic rings. The van der Waals surface area contributed by atoms with Gasteiger partial charge in [0.2, 0.25) is 0 Å². The molecule has 1 amide bonds. The fraction of sp³-hybridized carbons (Fsp3) is 0.381. The Balaban J connectivity index is 1.55. The minimum absolute atomic E-state index is 0.192. The maximum absolute atomic E-state index is 14.3. The summed E-state index contributed by atoms with van der Waals surface area (Å²) in [5, 5.41) is 13.8. The summed E-state index contributed by atoms with van der Waals surface area (Å²) in [4.78, 5) is 26.6. The second-order valence-corrected chi connectivity index (χ2v) is 8.38. The summed E-state index contributed by atoms with van der Waals surface area (Å²) in [7, 11) is 1.78. The lowest BCUT2D eigenvalue weighted by molar-refractivity contribution is 0.0271. The van der Waals surface area contributed by atoms with Crippen LogP contribution < -0.4 is 16.0 Å². The topological polar surface area (TPSA) is 123 Å². The molecule has 0 radical (unpaired) electrons. The fourth-order valence-electron chi connectivity index (χ4n) is 4.56. The van der Waals surface area contributed by atoms with Gasteiger partial charge >= 0.3 is 6.03 Å². The molecule has 11 nitrogen and oxygen atoms in total. The van der Waals surface area contributed by atoms with Crippen LogP contribution in [0, 0.1) is 6.92 Å². The number of fused-ring (bicyclic) bond motifs is 6. The number of halogens is 1. The van der Waals surface area contributed by atoms with E-state index in [0.717, 1.165) is 5.56 Å². The van der Waals surface area contributed by atoms with Gasteiger partial charge in [-0.3, -0.25) is 0 Å². The van der Waals surface area contributed by atoms with E-state index in [1.54, 1.807) is 11.6 Å². The molecule has 0 saturated heterocycles. The van der Waals surface area contributed by atoms with Crippen molar-refractivity contribution >= 4 is 40.0 Å². The number of aryl methyl sites for hydroxylation is 1. The van der Waals surface area contributed by atoms with E-state index in [9.17, 15) is 9.18 Å². The molecule has 5 heterocycles. The number of anilines is 3. The van der Waals surface area contributed by atoms with Crippen LogP contribution in [0.4, 0.5) is 26.4 Å². The molecule has 33 heavy (non-hydrogen) atoms. The second kappa shape index (κ2) is 7.37. The molecule has 4 aromatic heterocycles. The predicted octanol–water partition coefficient (Wildman–Crippen LogP) is 2.52. The van der Waals surface area contributed by atoms with Crippen molar-refractivity contribution in [2.75, 3.05) is 17.7 Å². The van der Waals surface area contributed by atoms with Crippen molar-refractivity contribution < 1.29 is 13.9 Å². The van der Waals surface area contributed by atoms with Crippen molar-refractivity contribution in [2.24, 2.45) is 0 Å². The van der Waals surface area contributed by atoms with Gasteiger partial charge in [-0.15, -0.1) is 0 Å². The third kappa shape index (κ3) is 3.33. The Bertz CT molecular complexity index is 1400. The van der Waals surface area contributed by atoms with Gasteiger partial charge in [0.05, 0.1) is 30.1 Å². The molecule has 6 rings (SSSR count). The highest BCUT2D eigenvalue weighted by Gasteiger charge is 2.37. The van der Waals surface area contributed by atoms with Crippen molar-refractivity contribution in [3.05, 3.63) is 36.0 Å². The van der Waals surface area contributed by atoms with Crippen LogP contribution in [0.15, 0.2) is 24.7 Å². The summed E-state index contributed by atoms with van der Waals surface area (Å²) >= 11 is 0. The number of carbonyl (C=O) groups excluding carboxylic acids is 1. The molecule has 170 valence electrons. The molecule has 3 atom stereocenters. The normalized spacial score (nSPS) is 22.8. The number of amides is 1. The van der Waals surface area contributed by atoms with Gasteiger partial charge in [-0.05, 0) is 18.6 Å². The molecule has 3 N–H and O–H groups in total. The van der Waals surface area contributed by atoms with E-state index in [-0.39, 0.29) is 19.4 Å². The van der Waals surface area contributed by atoms with Crippen LogP contribution >= 0.6 is 0 Å². The molecule has 1 aliphatic carbocycles. The lowest BCUT2D eigenvalue weighted by Crippen LogP contribution is -2.43. The first kappa shape index (κ1) is 19.9. The van der Waals surface area contributed by atoms with Crippen LogP contribution in [0.5, 0.6) is 0 Å². The molecule has 0 aromatic carbocycles. The number of nitrogens with one attached hydrogen (secondary N) is 3. The molecule has 12 heteroatoms. The first-order chi connectivity index (χ1) is 16.0. The fourth-order valence-corrected chi connectivity index (χ4v) is 4.56. The van der Waals surface area contributed by atoms with Gasteiger partial charge in [-0.25, -0.2) is 33.2 Å². The molecule has 0 spiro atoms. The number of ether oxygens (including phenoxy) is 1. The summed E-state index contributed by atoms with van der Waals surface area (Å²) < 4.78 is 23.4. The Labute approximate surface area is 187 Å². The SMILES string of the molecule is CNc1cc2nc3c1ncn3C(=O)NC1C[C@@H](F)C[C@H]1OCc1cc(c3nc(C)nn3c1)N2. The van der Waals surface area contributed by atoms with Gasteiger partial charge in [0.25, 0.3) is 0 Å². The number of alkyl halides is 1. The van der Waals surface area contributed by atoms with Gasteiger partial charge < -0.3 is 20.7 Å². The van der Waals surface area contributed by atoms with Crippen molar-refractivity contribution in [3.63, 3.8) is 0 Å². The lowest BCUT2D eigenvalue weighted by Gasteiger charge is -2.22. The maximum atomic E-state index is 14.3. The zero-order valence-corrected chi connectivity index (χ0v) is 18.0. The zero-order chi connectivity index (χ0) is 22.7. The summed E-state index contributed by atoms with van der Waals surface area (Å²) in [6.07, 6.45) is 2.17. The van der Waals surface area contributed by atoms with Gasteiger partial charge in [-0.1, -0.05) is 0 Å². The molecule has 1 aliphatic heterocycles. The molecular weight excluding hydrogens is 429 g/mol. The maximum Gasteiger partial charge on any atom is 0.328 e. The van der Waals surface area contributed by atoms with E-state index in [1.807, 2.05) is 25.3 Å². The number of hydrogen-bond acceptors (Lipinski definition) is 8. The predicted molar refractivity (Wildman–Crippen MR) is 119 cm³/mol. The highest BCUT2D eigenvalue weighted by Crippen LogP contribution is 2.30. The van der Waals surface area contributed by atoms with Crippen LogP contribution in [-0.4, -0.2) is 60.5 Å². The molecule has 2 aliphatic rings. The van der Waals surface area contributed by atoms with Gasteiger partial charge in [0.15, 0.2) is 11.3 Å².